The third-order valence-corrected chi connectivity index (χ3v) is 3.25. The zero-order valence-electron chi connectivity index (χ0n) is 10.4. The molecule has 2 rings (SSSR count). The molecule has 0 aromatic heterocycles. The first-order valence-corrected chi connectivity index (χ1v) is 5.92. The Balaban J connectivity index is 2.25. The molecule has 0 amide bonds. The summed E-state index contributed by atoms with van der Waals surface area (Å²) < 4.78 is 5.28. The Labute approximate surface area is 105 Å². The van der Waals surface area contributed by atoms with Crippen LogP contribution in [0.3, 0.4) is 0 Å². The number of nitrogens with zero attached hydrogens (tertiary/aromatic N) is 2. The molecular weight excluding hydrogens is 234 g/mol. The van der Waals surface area contributed by atoms with Gasteiger partial charge in [-0.1, -0.05) is 6.07 Å². The molecule has 1 aliphatic heterocycles. The number of nitro benzene ring substituents is 1. The minimum Gasteiger partial charge on any atom is -0.393 e. The maximum atomic E-state index is 10.9. The SMILES string of the molecule is Cc1ccc([N+](=O)[O-])c(N)c1CN1CCOCC1. The van der Waals surface area contributed by atoms with Crippen molar-refractivity contribution in [3.8, 4) is 0 Å². The van der Waals surface area contributed by atoms with Crippen LogP contribution in [0.2, 0.25) is 0 Å². The van der Waals surface area contributed by atoms with Gasteiger partial charge in [0.1, 0.15) is 5.69 Å². The average molecular weight is 251 g/mol. The highest BCUT2D eigenvalue weighted by atomic mass is 16.6. The van der Waals surface area contributed by atoms with Crippen molar-refractivity contribution in [2.24, 2.45) is 0 Å². The van der Waals surface area contributed by atoms with Crippen molar-refractivity contribution >= 4 is 11.4 Å². The van der Waals surface area contributed by atoms with Gasteiger partial charge in [0.05, 0.1) is 18.1 Å². The molecule has 0 saturated carbocycles. The average Bonchev–Trinajstić information content (AvgIpc) is 2.35. The van der Waals surface area contributed by atoms with Crippen molar-refractivity contribution in [2.75, 3.05) is 32.0 Å². The zero-order chi connectivity index (χ0) is 13.1. The normalized spacial score (nSPS) is 16.7. The Morgan fingerprint density at radius 2 is 2.11 bits per heavy atom. The fraction of sp³-hybridized carbons (Fsp3) is 0.500. The van der Waals surface area contributed by atoms with Gasteiger partial charge in [-0.15, -0.1) is 0 Å². The van der Waals surface area contributed by atoms with Crippen LogP contribution < -0.4 is 5.73 Å². The molecule has 1 heterocycles. The molecule has 0 unspecified atom stereocenters. The number of ether oxygens (including phenoxy) is 1. The lowest BCUT2D eigenvalue weighted by Gasteiger charge is -2.27. The lowest BCUT2D eigenvalue weighted by Crippen LogP contribution is -2.36. The molecule has 1 aliphatic rings. The van der Waals surface area contributed by atoms with Gasteiger partial charge in [0.25, 0.3) is 5.69 Å². The van der Waals surface area contributed by atoms with E-state index in [-0.39, 0.29) is 11.4 Å². The molecular formula is C12H17N3O3. The van der Waals surface area contributed by atoms with Crippen molar-refractivity contribution in [1.29, 1.82) is 0 Å². The standard InChI is InChI=1S/C12H17N3O3/c1-9-2-3-11(15(16)17)12(13)10(9)8-14-4-6-18-7-5-14/h2-3H,4-8,13H2,1H3. The largest absolute Gasteiger partial charge is 0.393 e. The smallest absolute Gasteiger partial charge is 0.292 e. The second-order valence-corrected chi connectivity index (χ2v) is 4.44. The monoisotopic (exact) mass is 251 g/mol. The van der Waals surface area contributed by atoms with Gasteiger partial charge < -0.3 is 10.5 Å². The summed E-state index contributed by atoms with van der Waals surface area (Å²) in [7, 11) is 0. The van der Waals surface area contributed by atoms with E-state index in [1.807, 2.05) is 6.92 Å². The second kappa shape index (κ2) is 5.32. The van der Waals surface area contributed by atoms with Crippen LogP contribution in [0.25, 0.3) is 0 Å². The van der Waals surface area contributed by atoms with E-state index in [2.05, 4.69) is 4.90 Å². The molecule has 1 aromatic rings. The molecule has 6 heteroatoms. The number of nitro groups is 1. The summed E-state index contributed by atoms with van der Waals surface area (Å²) in [4.78, 5) is 12.6. The van der Waals surface area contributed by atoms with Gasteiger partial charge >= 0.3 is 0 Å². The summed E-state index contributed by atoms with van der Waals surface area (Å²) in [6, 6.07) is 3.22. The van der Waals surface area contributed by atoms with Crippen LogP contribution in [0.5, 0.6) is 0 Å². The molecule has 1 aromatic carbocycles. The highest BCUT2D eigenvalue weighted by Gasteiger charge is 2.19. The quantitative estimate of drug-likeness (QED) is 0.497. The molecule has 0 atom stereocenters. The fourth-order valence-electron chi connectivity index (χ4n) is 2.11. The summed E-state index contributed by atoms with van der Waals surface area (Å²) in [6.07, 6.45) is 0. The first kappa shape index (κ1) is 12.8. The van der Waals surface area contributed by atoms with E-state index in [0.29, 0.717) is 19.8 Å². The minimum absolute atomic E-state index is 0.0103. The van der Waals surface area contributed by atoms with E-state index in [4.69, 9.17) is 10.5 Å². The van der Waals surface area contributed by atoms with Gasteiger partial charge in [-0.05, 0) is 18.1 Å². The summed E-state index contributed by atoms with van der Waals surface area (Å²) in [5, 5.41) is 10.9. The number of morpholine rings is 1. The van der Waals surface area contributed by atoms with Crippen LogP contribution in [0.15, 0.2) is 12.1 Å². The third-order valence-electron chi connectivity index (χ3n) is 3.25. The lowest BCUT2D eigenvalue weighted by molar-refractivity contribution is -0.384. The van der Waals surface area contributed by atoms with Gasteiger partial charge in [0.2, 0.25) is 0 Å². The van der Waals surface area contributed by atoms with E-state index >= 15 is 0 Å². The van der Waals surface area contributed by atoms with Gasteiger partial charge in [-0.25, -0.2) is 0 Å². The third kappa shape index (κ3) is 2.60. The fourth-order valence-corrected chi connectivity index (χ4v) is 2.11. The van der Waals surface area contributed by atoms with Crippen LogP contribution in [0.1, 0.15) is 11.1 Å². The van der Waals surface area contributed by atoms with Crippen molar-refractivity contribution in [2.45, 2.75) is 13.5 Å². The summed E-state index contributed by atoms with van der Waals surface area (Å²) in [5.41, 5.74) is 8.02. The van der Waals surface area contributed by atoms with Crippen LogP contribution in [0.4, 0.5) is 11.4 Å². The van der Waals surface area contributed by atoms with Crippen LogP contribution in [0, 0.1) is 17.0 Å². The Morgan fingerprint density at radius 3 is 2.72 bits per heavy atom. The van der Waals surface area contributed by atoms with Crippen LogP contribution >= 0.6 is 0 Å². The van der Waals surface area contributed by atoms with Crippen LogP contribution in [-0.4, -0.2) is 36.1 Å². The Morgan fingerprint density at radius 1 is 1.44 bits per heavy atom. The van der Waals surface area contributed by atoms with Crippen LogP contribution in [-0.2, 0) is 11.3 Å². The highest BCUT2D eigenvalue weighted by Crippen LogP contribution is 2.28. The molecule has 0 aliphatic carbocycles. The Kier molecular flexibility index (Phi) is 3.78. The van der Waals surface area contributed by atoms with Gasteiger partial charge in [0.15, 0.2) is 0 Å². The number of hydrogen-bond acceptors (Lipinski definition) is 5. The lowest BCUT2D eigenvalue weighted by atomic mass is 10.0. The van der Waals surface area contributed by atoms with Crippen molar-refractivity contribution in [1.82, 2.24) is 4.90 Å². The first-order chi connectivity index (χ1) is 8.59. The van der Waals surface area contributed by atoms with E-state index in [9.17, 15) is 10.1 Å². The van der Waals surface area contributed by atoms with E-state index < -0.39 is 4.92 Å². The maximum Gasteiger partial charge on any atom is 0.292 e. The number of rotatable bonds is 3. The molecule has 0 spiro atoms. The Bertz CT molecular complexity index is 456. The molecule has 0 bridgehead atoms. The minimum atomic E-state index is -0.433. The molecule has 1 fully saturated rings. The summed E-state index contributed by atoms with van der Waals surface area (Å²) in [5.74, 6) is 0. The molecule has 98 valence electrons. The second-order valence-electron chi connectivity index (χ2n) is 4.44. The molecule has 1 saturated heterocycles. The van der Waals surface area contributed by atoms with E-state index in [1.54, 1.807) is 6.07 Å². The number of hydrogen-bond donors (Lipinski definition) is 1. The number of benzene rings is 1. The zero-order valence-corrected chi connectivity index (χ0v) is 10.4. The van der Waals surface area contributed by atoms with Gasteiger partial charge in [0, 0.05) is 25.7 Å². The predicted molar refractivity (Wildman–Crippen MR) is 68.3 cm³/mol. The topological polar surface area (TPSA) is 81.6 Å². The first-order valence-electron chi connectivity index (χ1n) is 5.92. The number of nitrogens with two attached hydrogens (primary N) is 1. The number of nitrogen functional groups attached to an aromatic ring is 1. The number of anilines is 1. The maximum absolute atomic E-state index is 10.9. The molecule has 6 nitrogen and oxygen atoms in total. The number of aryl methyl sites for hydroxylation is 1. The van der Waals surface area contributed by atoms with Gasteiger partial charge in [-0.2, -0.15) is 0 Å². The summed E-state index contributed by atoms with van der Waals surface area (Å²) in [6.45, 7) is 5.64. The molecule has 0 radical (unpaired) electrons. The predicted octanol–water partition coefficient (Wildman–Crippen LogP) is 1.32. The molecule has 18 heavy (non-hydrogen) atoms. The van der Waals surface area contributed by atoms with E-state index in [1.165, 1.54) is 6.07 Å². The Hall–Kier alpha value is -1.66. The summed E-state index contributed by atoms with van der Waals surface area (Å²) >= 11 is 0. The van der Waals surface area contributed by atoms with Crippen molar-refractivity contribution < 1.29 is 9.66 Å². The van der Waals surface area contributed by atoms with Gasteiger partial charge in [-0.3, -0.25) is 15.0 Å². The highest BCUT2D eigenvalue weighted by molar-refractivity contribution is 5.65. The van der Waals surface area contributed by atoms with Crippen molar-refractivity contribution in [3.05, 3.63) is 33.4 Å². The van der Waals surface area contributed by atoms with E-state index in [0.717, 1.165) is 24.2 Å². The van der Waals surface area contributed by atoms with Crippen molar-refractivity contribution in [3.63, 3.8) is 0 Å². The molecule has 2 N–H and O–H groups in total.